The molecule has 0 atom stereocenters. The number of hydrogen-bond donors (Lipinski definition) is 3. The predicted octanol–water partition coefficient (Wildman–Crippen LogP) is 3.73. The third-order valence-corrected chi connectivity index (χ3v) is 4.02. The van der Waals surface area contributed by atoms with E-state index in [0.717, 1.165) is 5.56 Å². The second-order valence-corrected chi connectivity index (χ2v) is 7.84. The Balaban J connectivity index is 1.77. The summed E-state index contributed by atoms with van der Waals surface area (Å²) in [4.78, 5) is 35.9. The van der Waals surface area contributed by atoms with Crippen LogP contribution in [-0.4, -0.2) is 37.2 Å². The Kier molecular flexibility index (Phi) is 8.43. The first-order chi connectivity index (χ1) is 14.7. The van der Waals surface area contributed by atoms with Crippen molar-refractivity contribution in [3.05, 3.63) is 54.1 Å². The van der Waals surface area contributed by atoms with Crippen LogP contribution < -0.4 is 20.7 Å². The molecule has 0 radical (unpaired) electrons. The predicted molar refractivity (Wildman–Crippen MR) is 119 cm³/mol. The summed E-state index contributed by atoms with van der Waals surface area (Å²) >= 11 is 0. The van der Waals surface area contributed by atoms with Crippen LogP contribution in [0.3, 0.4) is 0 Å². The Morgan fingerprint density at radius 2 is 1.45 bits per heavy atom. The molecular formula is C23H29N3O5. The molecule has 31 heavy (non-hydrogen) atoms. The van der Waals surface area contributed by atoms with Crippen LogP contribution in [-0.2, 0) is 20.7 Å². The minimum Gasteiger partial charge on any atom is -0.496 e. The van der Waals surface area contributed by atoms with E-state index in [1.54, 1.807) is 52.1 Å². The smallest absolute Gasteiger partial charge is 0.407 e. The summed E-state index contributed by atoms with van der Waals surface area (Å²) in [6, 6.07) is 14.1. The number of carbonyl (C=O) groups excluding carboxylic acids is 3. The van der Waals surface area contributed by atoms with Crippen molar-refractivity contribution < 1.29 is 23.9 Å². The number of para-hydroxylation sites is 1. The van der Waals surface area contributed by atoms with Gasteiger partial charge < -0.3 is 25.4 Å². The third-order valence-electron chi connectivity index (χ3n) is 4.02. The van der Waals surface area contributed by atoms with Gasteiger partial charge in [-0.1, -0.05) is 18.2 Å². The zero-order chi connectivity index (χ0) is 22.9. The number of rotatable bonds is 8. The Morgan fingerprint density at radius 1 is 0.871 bits per heavy atom. The molecular weight excluding hydrogens is 398 g/mol. The molecule has 0 fully saturated rings. The minimum atomic E-state index is -0.587. The summed E-state index contributed by atoms with van der Waals surface area (Å²) in [6.45, 7) is 5.47. The van der Waals surface area contributed by atoms with Gasteiger partial charge in [0.15, 0.2) is 0 Å². The maximum absolute atomic E-state index is 12.3. The number of ether oxygens (including phenoxy) is 2. The van der Waals surface area contributed by atoms with E-state index in [1.165, 1.54) is 0 Å². The van der Waals surface area contributed by atoms with Gasteiger partial charge in [0.05, 0.1) is 13.5 Å². The van der Waals surface area contributed by atoms with Gasteiger partial charge in [0.2, 0.25) is 11.8 Å². The topological polar surface area (TPSA) is 106 Å². The van der Waals surface area contributed by atoms with Crippen molar-refractivity contribution in [2.24, 2.45) is 0 Å². The molecule has 0 unspecified atom stereocenters. The van der Waals surface area contributed by atoms with Gasteiger partial charge in [0.1, 0.15) is 11.4 Å². The zero-order valence-electron chi connectivity index (χ0n) is 18.3. The second kappa shape index (κ2) is 11.0. The number of carbonyl (C=O) groups is 3. The SMILES string of the molecule is COc1ccccc1CC(=O)Nc1ccc(NC(=O)CCNC(=O)OC(C)(C)C)cc1. The highest BCUT2D eigenvalue weighted by molar-refractivity contribution is 5.94. The van der Waals surface area contributed by atoms with Crippen LogP contribution in [0.25, 0.3) is 0 Å². The maximum atomic E-state index is 12.3. The molecule has 3 N–H and O–H groups in total. The van der Waals surface area contributed by atoms with Gasteiger partial charge in [-0.3, -0.25) is 9.59 Å². The maximum Gasteiger partial charge on any atom is 0.407 e. The average Bonchev–Trinajstić information content (AvgIpc) is 2.68. The molecule has 0 aromatic heterocycles. The van der Waals surface area contributed by atoms with Gasteiger partial charge in [0, 0.05) is 29.9 Å². The van der Waals surface area contributed by atoms with Crippen LogP contribution in [0.4, 0.5) is 16.2 Å². The van der Waals surface area contributed by atoms with Crippen LogP contribution in [0.2, 0.25) is 0 Å². The van der Waals surface area contributed by atoms with Gasteiger partial charge in [-0.2, -0.15) is 0 Å². The van der Waals surface area contributed by atoms with Crippen molar-refractivity contribution in [1.29, 1.82) is 0 Å². The van der Waals surface area contributed by atoms with Gasteiger partial charge >= 0.3 is 6.09 Å². The van der Waals surface area contributed by atoms with Crippen LogP contribution in [0.5, 0.6) is 5.75 Å². The van der Waals surface area contributed by atoms with E-state index in [2.05, 4.69) is 16.0 Å². The van der Waals surface area contributed by atoms with Crippen molar-refractivity contribution in [3.63, 3.8) is 0 Å². The Labute approximate surface area is 182 Å². The highest BCUT2D eigenvalue weighted by Crippen LogP contribution is 2.19. The fourth-order valence-corrected chi connectivity index (χ4v) is 2.68. The van der Waals surface area contributed by atoms with E-state index in [-0.39, 0.29) is 31.2 Å². The van der Waals surface area contributed by atoms with E-state index in [4.69, 9.17) is 9.47 Å². The number of nitrogens with one attached hydrogen (secondary N) is 3. The molecule has 8 heteroatoms. The van der Waals surface area contributed by atoms with Crippen molar-refractivity contribution in [2.45, 2.75) is 39.2 Å². The number of methoxy groups -OCH3 is 1. The monoisotopic (exact) mass is 427 g/mol. The molecule has 0 saturated heterocycles. The summed E-state index contributed by atoms with van der Waals surface area (Å²) in [5.41, 5.74) is 1.41. The highest BCUT2D eigenvalue weighted by atomic mass is 16.6. The Hall–Kier alpha value is -3.55. The van der Waals surface area contributed by atoms with E-state index in [0.29, 0.717) is 17.1 Å². The molecule has 166 valence electrons. The molecule has 2 rings (SSSR count). The molecule has 0 saturated carbocycles. The first-order valence-corrected chi connectivity index (χ1v) is 9.95. The molecule has 0 aliphatic carbocycles. The molecule has 0 aliphatic rings. The van der Waals surface area contributed by atoms with Crippen molar-refractivity contribution in [1.82, 2.24) is 5.32 Å². The molecule has 2 aromatic carbocycles. The minimum absolute atomic E-state index is 0.108. The summed E-state index contributed by atoms with van der Waals surface area (Å²) in [5.74, 6) is 0.246. The summed E-state index contributed by atoms with van der Waals surface area (Å²) in [5, 5.41) is 8.09. The van der Waals surface area contributed by atoms with E-state index >= 15 is 0 Å². The summed E-state index contributed by atoms with van der Waals surface area (Å²) in [6.07, 6.45) is -0.266. The summed E-state index contributed by atoms with van der Waals surface area (Å²) in [7, 11) is 1.57. The van der Waals surface area contributed by atoms with E-state index in [9.17, 15) is 14.4 Å². The average molecular weight is 428 g/mol. The molecule has 8 nitrogen and oxygen atoms in total. The Morgan fingerprint density at radius 3 is 2.03 bits per heavy atom. The van der Waals surface area contributed by atoms with Crippen LogP contribution in [0.1, 0.15) is 32.8 Å². The number of hydrogen-bond acceptors (Lipinski definition) is 5. The third kappa shape index (κ3) is 8.77. The largest absolute Gasteiger partial charge is 0.496 e. The van der Waals surface area contributed by atoms with Crippen molar-refractivity contribution in [3.8, 4) is 5.75 Å². The molecule has 0 bridgehead atoms. The van der Waals surface area contributed by atoms with Crippen molar-refractivity contribution in [2.75, 3.05) is 24.3 Å². The lowest BCUT2D eigenvalue weighted by Crippen LogP contribution is -2.34. The lowest BCUT2D eigenvalue weighted by molar-refractivity contribution is -0.116. The lowest BCUT2D eigenvalue weighted by Gasteiger charge is -2.19. The standard InChI is InChI=1S/C23H29N3O5/c1-23(2,3)31-22(29)24-14-13-20(27)25-17-9-11-18(12-10-17)26-21(28)15-16-7-5-6-8-19(16)30-4/h5-12H,13-15H2,1-4H3,(H,24,29)(H,25,27)(H,26,28). The number of alkyl carbamates (subject to hydrolysis) is 1. The molecule has 0 aliphatic heterocycles. The van der Waals surface area contributed by atoms with Gasteiger partial charge in [0.25, 0.3) is 0 Å². The zero-order valence-corrected chi connectivity index (χ0v) is 18.3. The van der Waals surface area contributed by atoms with Crippen LogP contribution in [0, 0.1) is 0 Å². The second-order valence-electron chi connectivity index (χ2n) is 7.84. The molecule has 0 spiro atoms. The number of benzene rings is 2. The fourth-order valence-electron chi connectivity index (χ4n) is 2.68. The normalized spacial score (nSPS) is 10.7. The number of amides is 3. The number of anilines is 2. The van der Waals surface area contributed by atoms with E-state index < -0.39 is 11.7 Å². The van der Waals surface area contributed by atoms with Crippen LogP contribution in [0.15, 0.2) is 48.5 Å². The molecule has 2 aromatic rings. The van der Waals surface area contributed by atoms with Gasteiger partial charge in [-0.25, -0.2) is 4.79 Å². The molecule has 3 amide bonds. The molecule has 0 heterocycles. The van der Waals surface area contributed by atoms with Crippen molar-refractivity contribution >= 4 is 29.3 Å². The highest BCUT2D eigenvalue weighted by Gasteiger charge is 2.16. The lowest BCUT2D eigenvalue weighted by atomic mass is 10.1. The van der Waals surface area contributed by atoms with Gasteiger partial charge in [-0.15, -0.1) is 0 Å². The first kappa shape index (κ1) is 23.7. The fraction of sp³-hybridized carbons (Fsp3) is 0.348. The summed E-state index contributed by atoms with van der Waals surface area (Å²) < 4.78 is 10.4. The Bertz CT molecular complexity index is 904. The quantitative estimate of drug-likeness (QED) is 0.595. The van der Waals surface area contributed by atoms with E-state index in [1.807, 2.05) is 24.3 Å². The van der Waals surface area contributed by atoms with Crippen LogP contribution >= 0.6 is 0 Å². The first-order valence-electron chi connectivity index (χ1n) is 9.95. The van der Waals surface area contributed by atoms with Gasteiger partial charge in [-0.05, 0) is 51.1 Å².